The summed E-state index contributed by atoms with van der Waals surface area (Å²) in [5, 5.41) is 12.6. The molecule has 13 aromatic rings. The topological polar surface area (TPSA) is 9.86 Å². The van der Waals surface area contributed by atoms with Crippen LogP contribution >= 0.6 is 0 Å². The predicted molar refractivity (Wildman–Crippen MR) is 263 cm³/mol. The molecule has 0 bridgehead atoms. The number of fused-ring (bicyclic) bond motifs is 12. The lowest BCUT2D eigenvalue weighted by atomic mass is 9.96. The van der Waals surface area contributed by atoms with E-state index in [2.05, 4.69) is 228 Å². The molecule has 0 saturated heterocycles. The smallest absolute Gasteiger partial charge is 0.0619 e. The van der Waals surface area contributed by atoms with E-state index in [0.29, 0.717) is 0 Å². The van der Waals surface area contributed by atoms with E-state index in [1.54, 1.807) is 0 Å². The van der Waals surface area contributed by atoms with Gasteiger partial charge < -0.3 is 9.13 Å². The zero-order chi connectivity index (χ0) is 40.5. The minimum atomic E-state index is 1.15. The van der Waals surface area contributed by atoms with Gasteiger partial charge in [-0.1, -0.05) is 158 Å². The van der Waals surface area contributed by atoms with Gasteiger partial charge in [0.25, 0.3) is 0 Å². The summed E-state index contributed by atoms with van der Waals surface area (Å²) in [5.74, 6) is 0. The summed E-state index contributed by atoms with van der Waals surface area (Å²) in [6.45, 7) is 0. The number of aromatic nitrogens is 2. The van der Waals surface area contributed by atoms with E-state index in [0.717, 1.165) is 5.69 Å². The van der Waals surface area contributed by atoms with Crippen LogP contribution in [-0.2, 0) is 0 Å². The molecule has 2 heteroatoms. The van der Waals surface area contributed by atoms with Crippen molar-refractivity contribution in [3.05, 3.63) is 218 Å². The first-order chi connectivity index (χ1) is 30.7. The third kappa shape index (κ3) is 4.75. The van der Waals surface area contributed by atoms with Crippen molar-refractivity contribution in [2.75, 3.05) is 0 Å². The lowest BCUT2D eigenvalue weighted by Crippen LogP contribution is -1.95. The predicted octanol–water partition coefficient (Wildman–Crippen LogP) is 16.3. The number of nitrogens with zero attached hydrogens (tertiary/aromatic N) is 2. The quantitative estimate of drug-likeness (QED) is 0.168. The molecule has 2 nitrogen and oxygen atoms in total. The first-order valence-corrected chi connectivity index (χ1v) is 21.5. The Kier molecular flexibility index (Phi) is 6.86. The second kappa shape index (κ2) is 12.7. The van der Waals surface area contributed by atoms with Crippen LogP contribution in [0.4, 0.5) is 0 Å². The third-order valence-corrected chi connectivity index (χ3v) is 13.6. The molecule has 2 heterocycles. The summed E-state index contributed by atoms with van der Waals surface area (Å²) in [7, 11) is 0. The highest BCUT2D eigenvalue weighted by atomic mass is 15.0. The van der Waals surface area contributed by atoms with E-state index in [1.807, 2.05) is 0 Å². The average Bonchev–Trinajstić information content (AvgIpc) is 3.97. The SMILES string of the molecule is c1ccc(-n2c3ccccc3c3cc(-c4ccc5c6ccc7ccccc7c6n(-c6ccc7ccc(-c8ccc9c(c8)-c8cccc%10cccc-9c8%10)cc7c6)c5c4)ccc32)cc1. The summed E-state index contributed by atoms with van der Waals surface area (Å²) in [6, 6.07) is 81.2. The minimum absolute atomic E-state index is 1.15. The molecule has 0 atom stereocenters. The Balaban J connectivity index is 0.950. The van der Waals surface area contributed by atoms with Crippen LogP contribution in [0.5, 0.6) is 0 Å². The van der Waals surface area contributed by atoms with Gasteiger partial charge in [0.1, 0.15) is 0 Å². The van der Waals surface area contributed by atoms with Crippen molar-refractivity contribution in [3.63, 3.8) is 0 Å². The molecule has 0 saturated carbocycles. The minimum Gasteiger partial charge on any atom is -0.309 e. The molecule has 1 aliphatic rings. The fraction of sp³-hybridized carbons (Fsp3) is 0. The fourth-order valence-corrected chi connectivity index (χ4v) is 10.8. The highest BCUT2D eigenvalue weighted by Crippen LogP contribution is 2.48. The van der Waals surface area contributed by atoms with Crippen molar-refractivity contribution >= 4 is 75.9 Å². The maximum Gasteiger partial charge on any atom is 0.0619 e. The monoisotopic (exact) mass is 784 g/mol. The molecule has 2 aromatic heterocycles. The molecule has 286 valence electrons. The Morgan fingerprint density at radius 1 is 0.242 bits per heavy atom. The van der Waals surface area contributed by atoms with Gasteiger partial charge in [-0.3, -0.25) is 0 Å². The number of rotatable bonds is 4. The van der Waals surface area contributed by atoms with Crippen LogP contribution < -0.4 is 0 Å². The molecular formula is C60H36N2. The second-order valence-corrected chi connectivity index (χ2v) is 16.9. The molecule has 11 aromatic carbocycles. The highest BCUT2D eigenvalue weighted by molar-refractivity contribution is 6.20. The van der Waals surface area contributed by atoms with Crippen molar-refractivity contribution in [1.29, 1.82) is 0 Å². The van der Waals surface area contributed by atoms with Gasteiger partial charge in [0, 0.05) is 38.3 Å². The Bertz CT molecular complexity index is 4030. The molecule has 0 fully saturated rings. The molecule has 0 spiro atoms. The third-order valence-electron chi connectivity index (χ3n) is 13.6. The van der Waals surface area contributed by atoms with Crippen LogP contribution in [0, 0.1) is 0 Å². The maximum atomic E-state index is 2.51. The Labute approximate surface area is 357 Å². The maximum absolute atomic E-state index is 2.51. The van der Waals surface area contributed by atoms with Gasteiger partial charge >= 0.3 is 0 Å². The molecule has 0 radical (unpaired) electrons. The molecule has 1 aliphatic carbocycles. The first kappa shape index (κ1) is 33.6. The first-order valence-electron chi connectivity index (χ1n) is 21.5. The number of hydrogen-bond acceptors (Lipinski definition) is 0. The molecule has 14 rings (SSSR count). The van der Waals surface area contributed by atoms with Crippen LogP contribution in [0.15, 0.2) is 218 Å². The summed E-state index contributed by atoms with van der Waals surface area (Å²) >= 11 is 0. The van der Waals surface area contributed by atoms with Crippen LogP contribution in [0.25, 0.3) is 132 Å². The Morgan fingerprint density at radius 2 is 0.871 bits per heavy atom. The second-order valence-electron chi connectivity index (χ2n) is 16.9. The normalized spacial score (nSPS) is 12.2. The van der Waals surface area contributed by atoms with Crippen LogP contribution in [0.2, 0.25) is 0 Å². The van der Waals surface area contributed by atoms with Gasteiger partial charge in [-0.2, -0.15) is 0 Å². The van der Waals surface area contributed by atoms with E-state index in [4.69, 9.17) is 0 Å². The number of hydrogen-bond donors (Lipinski definition) is 0. The van der Waals surface area contributed by atoms with Crippen molar-refractivity contribution in [3.8, 4) is 55.9 Å². The summed E-state index contributed by atoms with van der Waals surface area (Å²) in [6.07, 6.45) is 0. The van der Waals surface area contributed by atoms with E-state index < -0.39 is 0 Å². The van der Waals surface area contributed by atoms with Gasteiger partial charge in [-0.15, -0.1) is 0 Å². The van der Waals surface area contributed by atoms with Gasteiger partial charge in [-0.05, 0) is 132 Å². The molecule has 62 heavy (non-hydrogen) atoms. The van der Waals surface area contributed by atoms with Crippen molar-refractivity contribution in [2.24, 2.45) is 0 Å². The van der Waals surface area contributed by atoms with E-state index in [9.17, 15) is 0 Å². The van der Waals surface area contributed by atoms with Crippen LogP contribution in [0.1, 0.15) is 0 Å². The van der Waals surface area contributed by atoms with E-state index in [-0.39, 0.29) is 0 Å². The van der Waals surface area contributed by atoms with E-state index >= 15 is 0 Å². The Hall–Kier alpha value is -8.20. The number of benzene rings is 11. The lowest BCUT2D eigenvalue weighted by molar-refractivity contribution is 1.18. The van der Waals surface area contributed by atoms with Crippen molar-refractivity contribution < 1.29 is 0 Å². The Morgan fingerprint density at radius 3 is 1.77 bits per heavy atom. The lowest BCUT2D eigenvalue weighted by Gasteiger charge is -2.13. The van der Waals surface area contributed by atoms with E-state index in [1.165, 1.54) is 126 Å². The average molecular weight is 785 g/mol. The van der Waals surface area contributed by atoms with Gasteiger partial charge in [-0.25, -0.2) is 0 Å². The van der Waals surface area contributed by atoms with Crippen LogP contribution in [-0.4, -0.2) is 9.13 Å². The number of para-hydroxylation sites is 2. The van der Waals surface area contributed by atoms with Crippen LogP contribution in [0.3, 0.4) is 0 Å². The molecule has 0 N–H and O–H groups in total. The molecule has 0 amide bonds. The zero-order valence-electron chi connectivity index (χ0n) is 33.7. The molecule has 0 aliphatic heterocycles. The summed E-state index contributed by atoms with van der Waals surface area (Å²) < 4.78 is 4.89. The van der Waals surface area contributed by atoms with Gasteiger partial charge in [0.05, 0.1) is 22.1 Å². The van der Waals surface area contributed by atoms with Crippen molar-refractivity contribution in [2.45, 2.75) is 0 Å². The molecular weight excluding hydrogens is 749 g/mol. The largest absolute Gasteiger partial charge is 0.309 e. The molecule has 0 unspecified atom stereocenters. The standard InChI is InChI=1S/C60H36N2/c1-2-13-45(14-3-1)61-56-19-7-6-16-49(56)55-35-42(26-31-57(55)61)43-25-29-50-53-30-23-38-10-4-5-15-47(38)60(53)62(58(50)36-43)46-27-22-37-20-21-40(32-44(37)33-46)41-24-28-48-51-17-8-11-39-12-9-18-52(59(39)51)54(48)34-41/h1-36H. The highest BCUT2D eigenvalue weighted by Gasteiger charge is 2.22. The zero-order valence-corrected chi connectivity index (χ0v) is 33.7. The summed E-state index contributed by atoms with van der Waals surface area (Å²) in [4.78, 5) is 0. The fourth-order valence-electron chi connectivity index (χ4n) is 10.8. The van der Waals surface area contributed by atoms with Gasteiger partial charge in [0.2, 0.25) is 0 Å². The summed E-state index contributed by atoms with van der Waals surface area (Å²) in [5.41, 5.74) is 17.3. The van der Waals surface area contributed by atoms with Gasteiger partial charge in [0.15, 0.2) is 0 Å². The van der Waals surface area contributed by atoms with Crippen molar-refractivity contribution in [1.82, 2.24) is 9.13 Å².